The minimum Gasteiger partial charge on any atom is -0.310 e. The van der Waals surface area contributed by atoms with E-state index in [1.165, 1.54) is 56.8 Å². The van der Waals surface area contributed by atoms with Crippen LogP contribution < -0.4 is 0 Å². The minimum atomic E-state index is 0.565. The maximum atomic E-state index is 4.92. The number of imidazole rings is 1. The van der Waals surface area contributed by atoms with E-state index in [1.807, 2.05) is 12.3 Å². The van der Waals surface area contributed by atoms with Gasteiger partial charge in [-0.15, -0.1) is 0 Å². The first-order valence-electron chi connectivity index (χ1n) is 8.57. The maximum Gasteiger partial charge on any atom is 0.160 e. The molecular formula is C17H24N4S. The van der Waals surface area contributed by atoms with Gasteiger partial charge >= 0.3 is 0 Å². The summed E-state index contributed by atoms with van der Waals surface area (Å²) in [5.41, 5.74) is 2.13. The standard InChI is InChI=1S/C17H24N4S/c1-2-9-20(10-3-1)11-12-21-16-14(6-4-8-18-16)19-17(21)15-7-5-13-22-15/h4,6,8,15H,1-3,5,7,9-13H2. The third-order valence-electron chi connectivity index (χ3n) is 4.84. The van der Waals surface area contributed by atoms with Crippen molar-refractivity contribution in [3.63, 3.8) is 0 Å². The van der Waals surface area contributed by atoms with Gasteiger partial charge in [-0.1, -0.05) is 6.42 Å². The number of fused-ring (bicyclic) bond motifs is 1. The number of aromatic nitrogens is 3. The van der Waals surface area contributed by atoms with Crippen molar-refractivity contribution in [1.82, 2.24) is 19.4 Å². The highest BCUT2D eigenvalue weighted by atomic mass is 32.2. The topological polar surface area (TPSA) is 34.0 Å². The summed E-state index contributed by atoms with van der Waals surface area (Å²) in [6, 6.07) is 4.10. The zero-order valence-electron chi connectivity index (χ0n) is 13.1. The smallest absolute Gasteiger partial charge is 0.160 e. The van der Waals surface area contributed by atoms with Gasteiger partial charge in [-0.3, -0.25) is 0 Å². The second-order valence-electron chi connectivity index (χ2n) is 6.37. The molecule has 0 aliphatic carbocycles. The molecule has 0 bridgehead atoms. The van der Waals surface area contributed by atoms with Crippen molar-refractivity contribution in [2.24, 2.45) is 0 Å². The number of rotatable bonds is 4. The molecule has 0 aromatic carbocycles. The molecule has 4 nitrogen and oxygen atoms in total. The number of hydrogen-bond donors (Lipinski definition) is 0. The van der Waals surface area contributed by atoms with Crippen LogP contribution in [0.15, 0.2) is 18.3 Å². The van der Waals surface area contributed by atoms with Gasteiger partial charge in [0.1, 0.15) is 11.3 Å². The first-order chi connectivity index (χ1) is 10.9. The average Bonchev–Trinajstić information content (AvgIpc) is 3.21. The SMILES string of the molecule is c1cnc2c(c1)nc(C1CCCS1)n2CCN1CCCCC1. The normalized spacial score (nSPS) is 23.4. The van der Waals surface area contributed by atoms with Crippen LogP contribution in [0.1, 0.15) is 43.2 Å². The zero-order valence-corrected chi connectivity index (χ0v) is 13.9. The lowest BCUT2D eigenvalue weighted by Crippen LogP contribution is -2.32. The average molecular weight is 316 g/mol. The van der Waals surface area contributed by atoms with Crippen LogP contribution >= 0.6 is 11.8 Å². The molecule has 4 heterocycles. The number of nitrogens with zero attached hydrogens (tertiary/aromatic N) is 4. The molecule has 118 valence electrons. The van der Waals surface area contributed by atoms with Crippen LogP contribution in [0.2, 0.25) is 0 Å². The second-order valence-corrected chi connectivity index (χ2v) is 7.68. The van der Waals surface area contributed by atoms with Crippen molar-refractivity contribution >= 4 is 22.9 Å². The summed E-state index contributed by atoms with van der Waals surface area (Å²) >= 11 is 2.06. The Kier molecular flexibility index (Phi) is 4.35. The van der Waals surface area contributed by atoms with Crippen LogP contribution in [0.4, 0.5) is 0 Å². The largest absolute Gasteiger partial charge is 0.310 e. The van der Waals surface area contributed by atoms with Crippen molar-refractivity contribution in [1.29, 1.82) is 0 Å². The van der Waals surface area contributed by atoms with Gasteiger partial charge < -0.3 is 9.47 Å². The molecule has 1 unspecified atom stereocenters. The fraction of sp³-hybridized carbons (Fsp3) is 0.647. The summed E-state index contributed by atoms with van der Waals surface area (Å²) in [5.74, 6) is 2.53. The Hall–Kier alpha value is -1.07. The number of piperidine rings is 1. The molecule has 22 heavy (non-hydrogen) atoms. The van der Waals surface area contributed by atoms with Crippen molar-refractivity contribution in [3.05, 3.63) is 24.2 Å². The third-order valence-corrected chi connectivity index (χ3v) is 6.21. The monoisotopic (exact) mass is 316 g/mol. The molecule has 1 atom stereocenters. The predicted molar refractivity (Wildman–Crippen MR) is 92.3 cm³/mol. The fourth-order valence-corrected chi connectivity index (χ4v) is 4.93. The van der Waals surface area contributed by atoms with Crippen LogP contribution in [-0.2, 0) is 6.54 Å². The number of hydrogen-bond acceptors (Lipinski definition) is 4. The molecule has 0 saturated carbocycles. The van der Waals surface area contributed by atoms with E-state index in [2.05, 4.69) is 32.3 Å². The first kappa shape index (κ1) is 14.5. The van der Waals surface area contributed by atoms with E-state index in [4.69, 9.17) is 4.98 Å². The van der Waals surface area contributed by atoms with E-state index in [0.717, 1.165) is 24.3 Å². The molecule has 2 aromatic heterocycles. The molecule has 0 N–H and O–H groups in total. The molecule has 2 aliphatic heterocycles. The molecule has 5 heteroatoms. The molecule has 2 fully saturated rings. The Morgan fingerprint density at radius 3 is 2.86 bits per heavy atom. The predicted octanol–water partition coefficient (Wildman–Crippen LogP) is 3.49. The van der Waals surface area contributed by atoms with Gasteiger partial charge in [-0.2, -0.15) is 11.8 Å². The Labute approximate surface area is 136 Å². The Balaban J connectivity index is 1.60. The summed E-state index contributed by atoms with van der Waals surface area (Å²) in [6.45, 7) is 4.67. The summed E-state index contributed by atoms with van der Waals surface area (Å²) in [5, 5.41) is 0.565. The van der Waals surface area contributed by atoms with Gasteiger partial charge in [0.05, 0.1) is 5.25 Å². The van der Waals surface area contributed by atoms with E-state index in [0.29, 0.717) is 5.25 Å². The lowest BCUT2D eigenvalue weighted by Gasteiger charge is -2.27. The van der Waals surface area contributed by atoms with Crippen molar-refractivity contribution in [2.75, 3.05) is 25.4 Å². The van der Waals surface area contributed by atoms with Gasteiger partial charge in [-0.05, 0) is 56.7 Å². The Morgan fingerprint density at radius 1 is 1.14 bits per heavy atom. The van der Waals surface area contributed by atoms with Crippen LogP contribution in [-0.4, -0.2) is 44.8 Å². The molecule has 2 saturated heterocycles. The second kappa shape index (κ2) is 6.59. The molecule has 0 spiro atoms. The lowest BCUT2D eigenvalue weighted by molar-refractivity contribution is 0.220. The van der Waals surface area contributed by atoms with Gasteiger partial charge in [-0.25, -0.2) is 9.97 Å². The molecule has 0 amide bonds. The lowest BCUT2D eigenvalue weighted by atomic mass is 10.1. The Morgan fingerprint density at radius 2 is 2.05 bits per heavy atom. The maximum absolute atomic E-state index is 4.92. The Bertz CT molecular complexity index is 627. The van der Waals surface area contributed by atoms with Crippen LogP contribution in [0, 0.1) is 0 Å². The summed E-state index contributed by atoms with van der Waals surface area (Å²) in [6.07, 6.45) is 8.58. The van der Waals surface area contributed by atoms with Crippen molar-refractivity contribution in [3.8, 4) is 0 Å². The van der Waals surface area contributed by atoms with Gasteiger partial charge in [0, 0.05) is 19.3 Å². The van der Waals surface area contributed by atoms with E-state index >= 15 is 0 Å². The van der Waals surface area contributed by atoms with Gasteiger partial charge in [0.25, 0.3) is 0 Å². The van der Waals surface area contributed by atoms with Crippen molar-refractivity contribution < 1.29 is 0 Å². The molecular weight excluding hydrogens is 292 g/mol. The molecule has 2 aliphatic rings. The van der Waals surface area contributed by atoms with Gasteiger partial charge in [0.15, 0.2) is 5.65 Å². The molecule has 0 radical (unpaired) electrons. The first-order valence-corrected chi connectivity index (χ1v) is 9.62. The van der Waals surface area contributed by atoms with Crippen LogP contribution in [0.5, 0.6) is 0 Å². The van der Waals surface area contributed by atoms with Crippen molar-refractivity contribution in [2.45, 2.75) is 43.9 Å². The van der Waals surface area contributed by atoms with Crippen LogP contribution in [0.25, 0.3) is 11.2 Å². The van der Waals surface area contributed by atoms with E-state index in [9.17, 15) is 0 Å². The highest BCUT2D eigenvalue weighted by molar-refractivity contribution is 7.99. The number of pyridine rings is 1. The number of likely N-dealkylation sites (tertiary alicyclic amines) is 1. The highest BCUT2D eigenvalue weighted by Gasteiger charge is 2.25. The summed E-state index contributed by atoms with van der Waals surface area (Å²) < 4.78 is 2.40. The van der Waals surface area contributed by atoms with Crippen LogP contribution in [0.3, 0.4) is 0 Å². The molecule has 2 aromatic rings. The van der Waals surface area contributed by atoms with E-state index in [-0.39, 0.29) is 0 Å². The minimum absolute atomic E-state index is 0.565. The summed E-state index contributed by atoms with van der Waals surface area (Å²) in [4.78, 5) is 12.1. The highest BCUT2D eigenvalue weighted by Crippen LogP contribution is 2.40. The summed E-state index contributed by atoms with van der Waals surface area (Å²) in [7, 11) is 0. The zero-order chi connectivity index (χ0) is 14.8. The quantitative estimate of drug-likeness (QED) is 0.865. The molecule has 4 rings (SSSR count). The third kappa shape index (κ3) is 2.88. The van der Waals surface area contributed by atoms with E-state index < -0.39 is 0 Å². The number of thioether (sulfide) groups is 1. The fourth-order valence-electron chi connectivity index (χ4n) is 3.65. The van der Waals surface area contributed by atoms with Gasteiger partial charge in [0.2, 0.25) is 0 Å². The van der Waals surface area contributed by atoms with E-state index in [1.54, 1.807) is 0 Å².